The minimum atomic E-state index is -0.813. The first-order valence-electron chi connectivity index (χ1n) is 7.47. The molecular formula is C19H19NO2S. The van der Waals surface area contributed by atoms with Crippen molar-refractivity contribution in [3.05, 3.63) is 53.1 Å². The molecule has 23 heavy (non-hydrogen) atoms. The molecule has 0 fully saturated rings. The molecule has 0 aliphatic heterocycles. The first-order valence-corrected chi connectivity index (χ1v) is 8.70. The lowest BCUT2D eigenvalue weighted by atomic mass is 10.0. The van der Waals surface area contributed by atoms with Crippen LogP contribution in [0, 0.1) is 13.8 Å². The Kier molecular flexibility index (Phi) is 4.18. The largest absolute Gasteiger partial charge is 0.481 e. The Morgan fingerprint density at radius 3 is 2.48 bits per heavy atom. The van der Waals surface area contributed by atoms with Crippen LogP contribution in [0.1, 0.15) is 16.7 Å². The number of nitrogens with one attached hydrogen (secondary N) is 1. The van der Waals surface area contributed by atoms with Crippen LogP contribution in [-0.4, -0.2) is 22.3 Å². The third kappa shape index (κ3) is 2.99. The summed E-state index contributed by atoms with van der Waals surface area (Å²) in [6, 6.07) is 12.4. The number of benzene rings is 2. The van der Waals surface area contributed by atoms with Gasteiger partial charge >= 0.3 is 5.97 Å². The van der Waals surface area contributed by atoms with E-state index in [0.29, 0.717) is 0 Å². The SMILES string of the molecule is CSc1ccc(-c2[nH]c3c(C)cc(C)cc3c2CC(=O)O)cc1. The van der Waals surface area contributed by atoms with E-state index in [2.05, 4.69) is 36.2 Å². The van der Waals surface area contributed by atoms with E-state index in [1.807, 2.05) is 25.3 Å². The van der Waals surface area contributed by atoms with Crippen LogP contribution in [-0.2, 0) is 11.2 Å². The fourth-order valence-electron chi connectivity index (χ4n) is 3.05. The molecule has 1 aromatic heterocycles. The highest BCUT2D eigenvalue weighted by atomic mass is 32.2. The lowest BCUT2D eigenvalue weighted by molar-refractivity contribution is -0.136. The highest BCUT2D eigenvalue weighted by Gasteiger charge is 2.17. The predicted molar refractivity (Wildman–Crippen MR) is 96.3 cm³/mol. The molecule has 1 heterocycles. The summed E-state index contributed by atoms with van der Waals surface area (Å²) in [6.45, 7) is 4.09. The van der Waals surface area contributed by atoms with Gasteiger partial charge in [-0.3, -0.25) is 4.79 Å². The van der Waals surface area contributed by atoms with Crippen LogP contribution in [0.2, 0.25) is 0 Å². The van der Waals surface area contributed by atoms with Gasteiger partial charge in [-0.1, -0.05) is 23.8 Å². The third-order valence-electron chi connectivity index (χ3n) is 4.06. The quantitative estimate of drug-likeness (QED) is 0.677. The molecule has 3 rings (SSSR count). The molecular weight excluding hydrogens is 306 g/mol. The Labute approximate surface area is 139 Å². The monoisotopic (exact) mass is 325 g/mol. The van der Waals surface area contributed by atoms with Crippen molar-refractivity contribution in [1.29, 1.82) is 0 Å². The molecule has 0 saturated carbocycles. The molecule has 0 aliphatic carbocycles. The van der Waals surface area contributed by atoms with Crippen LogP contribution in [0.3, 0.4) is 0 Å². The highest BCUT2D eigenvalue weighted by molar-refractivity contribution is 7.98. The standard InChI is InChI=1S/C19H19NO2S/c1-11-8-12(2)18-15(9-11)16(10-17(21)22)19(20-18)13-4-6-14(23-3)7-5-13/h4-9,20H,10H2,1-3H3,(H,21,22). The van der Waals surface area contributed by atoms with Crippen molar-refractivity contribution < 1.29 is 9.90 Å². The Hall–Kier alpha value is -2.20. The Morgan fingerprint density at radius 1 is 1.17 bits per heavy atom. The van der Waals surface area contributed by atoms with Gasteiger partial charge < -0.3 is 10.1 Å². The average Bonchev–Trinajstić information content (AvgIpc) is 2.86. The summed E-state index contributed by atoms with van der Waals surface area (Å²) in [6.07, 6.45) is 2.06. The first-order chi connectivity index (χ1) is 11.0. The maximum absolute atomic E-state index is 11.3. The van der Waals surface area contributed by atoms with Crippen molar-refractivity contribution in [2.45, 2.75) is 25.2 Å². The molecule has 2 aromatic carbocycles. The van der Waals surface area contributed by atoms with E-state index < -0.39 is 5.97 Å². The zero-order chi connectivity index (χ0) is 16.6. The number of hydrogen-bond acceptors (Lipinski definition) is 2. The van der Waals surface area contributed by atoms with E-state index in [4.69, 9.17) is 0 Å². The number of aromatic nitrogens is 1. The molecule has 0 bridgehead atoms. The number of carboxylic acids is 1. The van der Waals surface area contributed by atoms with Crippen molar-refractivity contribution in [3.63, 3.8) is 0 Å². The second-order valence-electron chi connectivity index (χ2n) is 5.78. The topological polar surface area (TPSA) is 53.1 Å². The number of aliphatic carboxylic acids is 1. The normalized spacial score (nSPS) is 11.1. The average molecular weight is 325 g/mol. The van der Waals surface area contributed by atoms with Crippen molar-refractivity contribution in [3.8, 4) is 11.3 Å². The molecule has 3 aromatic rings. The molecule has 0 unspecified atom stereocenters. The first kappa shape index (κ1) is 15.7. The number of aromatic amines is 1. The van der Waals surface area contributed by atoms with Gasteiger partial charge in [0.2, 0.25) is 0 Å². The number of hydrogen-bond donors (Lipinski definition) is 2. The van der Waals surface area contributed by atoms with Crippen molar-refractivity contribution in [2.75, 3.05) is 6.26 Å². The summed E-state index contributed by atoms with van der Waals surface area (Å²) >= 11 is 1.69. The van der Waals surface area contributed by atoms with Crippen LogP contribution in [0.4, 0.5) is 0 Å². The second-order valence-corrected chi connectivity index (χ2v) is 6.66. The number of carbonyl (C=O) groups is 1. The predicted octanol–water partition coefficient (Wildman–Crippen LogP) is 4.80. The van der Waals surface area contributed by atoms with E-state index in [9.17, 15) is 9.90 Å². The smallest absolute Gasteiger partial charge is 0.307 e. The van der Waals surface area contributed by atoms with Crippen LogP contribution in [0.5, 0.6) is 0 Å². The number of carboxylic acid groups (broad SMARTS) is 1. The zero-order valence-electron chi connectivity index (χ0n) is 13.4. The summed E-state index contributed by atoms with van der Waals surface area (Å²) < 4.78 is 0. The van der Waals surface area contributed by atoms with E-state index in [0.717, 1.165) is 38.9 Å². The van der Waals surface area contributed by atoms with Gasteiger partial charge in [0.25, 0.3) is 0 Å². The minimum Gasteiger partial charge on any atom is -0.481 e. The minimum absolute atomic E-state index is 0.0164. The van der Waals surface area contributed by atoms with Crippen LogP contribution in [0.25, 0.3) is 22.2 Å². The maximum Gasteiger partial charge on any atom is 0.307 e. The molecule has 0 aliphatic rings. The van der Waals surface area contributed by atoms with Gasteiger partial charge in [0, 0.05) is 15.8 Å². The Balaban J connectivity index is 2.25. The van der Waals surface area contributed by atoms with Gasteiger partial charge in [-0.2, -0.15) is 0 Å². The Morgan fingerprint density at radius 2 is 1.87 bits per heavy atom. The number of rotatable bonds is 4. The van der Waals surface area contributed by atoms with Gasteiger partial charge in [-0.25, -0.2) is 0 Å². The summed E-state index contributed by atoms with van der Waals surface area (Å²) in [5.74, 6) is -0.813. The van der Waals surface area contributed by atoms with Crippen LogP contribution >= 0.6 is 11.8 Å². The van der Waals surface area contributed by atoms with Crippen molar-refractivity contribution >= 4 is 28.6 Å². The number of thioether (sulfide) groups is 1. The molecule has 3 nitrogen and oxygen atoms in total. The van der Waals surface area contributed by atoms with Gasteiger partial charge in [-0.05, 0) is 55.0 Å². The summed E-state index contributed by atoms with van der Waals surface area (Å²) in [5, 5.41) is 10.3. The Bertz CT molecular complexity index is 879. The second kappa shape index (κ2) is 6.13. The number of H-pyrrole nitrogens is 1. The molecule has 4 heteroatoms. The lowest BCUT2D eigenvalue weighted by Gasteiger charge is -2.04. The summed E-state index contributed by atoms with van der Waals surface area (Å²) in [4.78, 5) is 16.0. The van der Waals surface area contributed by atoms with Crippen molar-refractivity contribution in [1.82, 2.24) is 4.98 Å². The third-order valence-corrected chi connectivity index (χ3v) is 4.81. The lowest BCUT2D eigenvalue weighted by Crippen LogP contribution is -2.01. The van der Waals surface area contributed by atoms with Gasteiger partial charge in [0.1, 0.15) is 0 Å². The molecule has 0 atom stereocenters. The van der Waals surface area contributed by atoms with Crippen LogP contribution in [0.15, 0.2) is 41.3 Å². The van der Waals surface area contributed by atoms with E-state index in [1.165, 1.54) is 4.90 Å². The van der Waals surface area contributed by atoms with E-state index >= 15 is 0 Å². The fraction of sp³-hybridized carbons (Fsp3) is 0.211. The number of aryl methyl sites for hydroxylation is 2. The molecule has 0 saturated heterocycles. The maximum atomic E-state index is 11.3. The summed E-state index contributed by atoms with van der Waals surface area (Å²) in [7, 11) is 0. The van der Waals surface area contributed by atoms with Crippen molar-refractivity contribution in [2.24, 2.45) is 0 Å². The molecule has 118 valence electrons. The fourth-order valence-corrected chi connectivity index (χ4v) is 3.45. The zero-order valence-corrected chi connectivity index (χ0v) is 14.3. The highest BCUT2D eigenvalue weighted by Crippen LogP contribution is 2.33. The molecule has 2 N–H and O–H groups in total. The van der Waals surface area contributed by atoms with E-state index in [-0.39, 0.29) is 6.42 Å². The molecule has 0 radical (unpaired) electrons. The summed E-state index contributed by atoms with van der Waals surface area (Å²) in [5.41, 5.74) is 6.09. The van der Waals surface area contributed by atoms with Gasteiger partial charge in [-0.15, -0.1) is 11.8 Å². The molecule has 0 amide bonds. The molecule has 0 spiro atoms. The van der Waals surface area contributed by atoms with Gasteiger partial charge in [0.05, 0.1) is 12.1 Å². The van der Waals surface area contributed by atoms with Gasteiger partial charge in [0.15, 0.2) is 0 Å². The number of fused-ring (bicyclic) bond motifs is 1. The van der Waals surface area contributed by atoms with E-state index in [1.54, 1.807) is 11.8 Å². The van der Waals surface area contributed by atoms with Crippen LogP contribution < -0.4 is 0 Å².